The number of rotatable bonds is 1. The highest BCUT2D eigenvalue weighted by Crippen LogP contribution is 2.09. The normalized spacial score (nSPS) is 8.40. The number of hydrogen-bond donors (Lipinski definition) is 1. The summed E-state index contributed by atoms with van der Waals surface area (Å²) < 4.78 is 2.78. The molecule has 2 nitrogen and oxygen atoms in total. The van der Waals surface area contributed by atoms with Gasteiger partial charge in [0.25, 0.3) is 0 Å². The largest absolute Gasteiger partial charge is 0.322 e. The summed E-state index contributed by atoms with van der Waals surface area (Å²) in [5, 5.41) is 8.42. The van der Waals surface area contributed by atoms with Crippen LogP contribution in [-0.2, 0) is 0 Å². The van der Waals surface area contributed by atoms with Gasteiger partial charge >= 0.3 is 0 Å². The molecule has 1 rings (SSSR count). The van der Waals surface area contributed by atoms with Crippen molar-refractivity contribution in [3.63, 3.8) is 0 Å². The van der Waals surface area contributed by atoms with Crippen molar-refractivity contribution in [2.24, 2.45) is 0 Å². The topological polar surface area (TPSA) is 35.8 Å². The zero-order valence-electron chi connectivity index (χ0n) is 5.13. The van der Waals surface area contributed by atoms with Crippen LogP contribution >= 0.6 is 16.1 Å². The molecule has 0 heterocycles. The predicted octanol–water partition coefficient (Wildman–Crippen LogP) is 2.28. The van der Waals surface area contributed by atoms with Gasteiger partial charge < -0.3 is 4.34 Å². The fraction of sp³-hybridized carbons (Fsp3) is 0. The average molecular weight is 197 g/mol. The highest BCUT2D eigenvalue weighted by Gasteiger charge is 1.88. The lowest BCUT2D eigenvalue weighted by Crippen LogP contribution is -1.78. The molecule has 0 atom stereocenters. The third kappa shape index (κ3) is 1.49. The number of halogens is 1. The van der Waals surface area contributed by atoms with Gasteiger partial charge in [-0.2, -0.15) is 5.26 Å². The first-order valence-electron chi connectivity index (χ1n) is 2.73. The van der Waals surface area contributed by atoms with Crippen LogP contribution in [0.1, 0.15) is 5.56 Å². The van der Waals surface area contributed by atoms with Crippen LogP contribution in [0.15, 0.2) is 24.3 Å². The van der Waals surface area contributed by atoms with Crippen LogP contribution in [0, 0.1) is 11.3 Å². The van der Waals surface area contributed by atoms with Crippen molar-refractivity contribution in [2.75, 3.05) is 4.34 Å². The Balaban J connectivity index is 2.93. The molecule has 0 radical (unpaired) electrons. The van der Waals surface area contributed by atoms with Gasteiger partial charge in [0.05, 0.1) is 11.6 Å². The van der Waals surface area contributed by atoms with E-state index in [2.05, 4.69) is 20.5 Å². The van der Waals surface area contributed by atoms with E-state index in [0.29, 0.717) is 5.56 Å². The monoisotopic (exact) mass is 196 g/mol. The van der Waals surface area contributed by atoms with Gasteiger partial charge in [0.15, 0.2) is 0 Å². The number of benzene rings is 1. The first-order valence-corrected chi connectivity index (χ1v) is 3.53. The number of nitriles is 1. The number of nitrogens with zero attached hydrogens (tertiary/aromatic N) is 1. The van der Waals surface area contributed by atoms with Crippen molar-refractivity contribution < 1.29 is 0 Å². The molecule has 0 aliphatic rings. The van der Waals surface area contributed by atoms with Gasteiger partial charge in [-0.15, -0.1) is 0 Å². The van der Waals surface area contributed by atoms with E-state index in [9.17, 15) is 0 Å². The van der Waals surface area contributed by atoms with Gasteiger partial charge in [-0.3, -0.25) is 0 Å². The van der Waals surface area contributed by atoms with Crippen LogP contribution in [0.25, 0.3) is 0 Å². The van der Waals surface area contributed by atoms with Crippen LogP contribution in [0.4, 0.5) is 5.69 Å². The zero-order chi connectivity index (χ0) is 7.40. The van der Waals surface area contributed by atoms with Gasteiger partial charge in [-0.05, 0) is 24.3 Å². The average Bonchev–Trinajstić information content (AvgIpc) is 2.05. The summed E-state index contributed by atoms with van der Waals surface area (Å²) in [5.41, 5.74) is 1.62. The molecule has 1 N–H and O–H groups in total. The fourth-order valence-electron chi connectivity index (χ4n) is 0.608. The van der Waals surface area contributed by atoms with Crippen molar-refractivity contribution in [1.29, 1.82) is 5.26 Å². The molecule has 0 aliphatic carbocycles. The van der Waals surface area contributed by atoms with E-state index < -0.39 is 0 Å². The Morgan fingerprint density at radius 3 is 2.30 bits per heavy atom. The first kappa shape index (κ1) is 7.10. The molecule has 3 heteroatoms. The Morgan fingerprint density at radius 1 is 1.30 bits per heavy atom. The molecule has 10 heavy (non-hydrogen) atoms. The molecule has 0 saturated carbocycles. The minimum atomic E-state index is 0.673. The van der Waals surface area contributed by atoms with Gasteiger partial charge in [0, 0.05) is 21.8 Å². The molecule has 0 amide bonds. The molecule has 0 unspecified atom stereocenters. The summed E-state index contributed by atoms with van der Waals surface area (Å²) in [6, 6.07) is 9.20. The van der Waals surface area contributed by atoms with Gasteiger partial charge in [0.2, 0.25) is 0 Å². The Bertz CT molecular complexity index is 247. The van der Waals surface area contributed by atoms with Crippen molar-refractivity contribution in [3.05, 3.63) is 29.8 Å². The van der Waals surface area contributed by atoms with Gasteiger partial charge in [-0.1, -0.05) is 0 Å². The molecule has 0 saturated heterocycles. The SMILES string of the molecule is N#Cc1ccc(NBr)cc1. The Labute approximate surface area is 67.8 Å². The van der Waals surface area contributed by atoms with E-state index in [1.54, 1.807) is 12.1 Å². The lowest BCUT2D eigenvalue weighted by molar-refractivity contribution is 1.49. The van der Waals surface area contributed by atoms with Crippen molar-refractivity contribution in [1.82, 2.24) is 0 Å². The summed E-state index contributed by atoms with van der Waals surface area (Å²) in [6.45, 7) is 0. The maximum Gasteiger partial charge on any atom is 0.0991 e. The van der Waals surface area contributed by atoms with E-state index in [4.69, 9.17) is 5.26 Å². The standard InChI is InChI=1S/C7H5BrN2/c8-10-7-3-1-6(5-9)2-4-7/h1-4,10H. The van der Waals surface area contributed by atoms with Crippen molar-refractivity contribution in [3.8, 4) is 6.07 Å². The van der Waals surface area contributed by atoms with Gasteiger partial charge in [-0.25, -0.2) is 0 Å². The highest BCUT2D eigenvalue weighted by atomic mass is 79.9. The molecule has 1 aromatic carbocycles. The smallest absolute Gasteiger partial charge is 0.0991 e. The van der Waals surface area contributed by atoms with Crippen LogP contribution in [0.5, 0.6) is 0 Å². The van der Waals surface area contributed by atoms with E-state index >= 15 is 0 Å². The van der Waals surface area contributed by atoms with Crippen molar-refractivity contribution in [2.45, 2.75) is 0 Å². The van der Waals surface area contributed by atoms with E-state index in [1.165, 1.54) is 0 Å². The minimum Gasteiger partial charge on any atom is -0.322 e. The molecule has 0 aromatic heterocycles. The van der Waals surface area contributed by atoms with Crippen molar-refractivity contribution >= 4 is 21.8 Å². The molecule has 50 valence electrons. The molecule has 1 aromatic rings. The van der Waals surface area contributed by atoms with Crippen LogP contribution in [0.2, 0.25) is 0 Å². The number of anilines is 1. The fourth-order valence-corrected chi connectivity index (χ4v) is 0.872. The summed E-state index contributed by atoms with van der Waals surface area (Å²) in [4.78, 5) is 0. The second-order valence-corrected chi connectivity index (χ2v) is 2.18. The maximum atomic E-state index is 8.42. The molecular formula is C7H5BrN2. The van der Waals surface area contributed by atoms with Crippen LogP contribution < -0.4 is 4.34 Å². The highest BCUT2D eigenvalue weighted by molar-refractivity contribution is 9.10. The molecular weight excluding hydrogens is 192 g/mol. The summed E-state index contributed by atoms with van der Waals surface area (Å²) in [5.74, 6) is 0. The lowest BCUT2D eigenvalue weighted by Gasteiger charge is -1.94. The quantitative estimate of drug-likeness (QED) is 0.701. The number of hydrogen-bond acceptors (Lipinski definition) is 2. The lowest BCUT2D eigenvalue weighted by atomic mass is 10.2. The second-order valence-electron chi connectivity index (χ2n) is 1.78. The predicted molar refractivity (Wildman–Crippen MR) is 43.7 cm³/mol. The second kappa shape index (κ2) is 3.23. The van der Waals surface area contributed by atoms with E-state index in [1.807, 2.05) is 18.2 Å². The first-order chi connectivity index (χ1) is 4.86. The third-order valence-electron chi connectivity index (χ3n) is 1.12. The van der Waals surface area contributed by atoms with E-state index in [-0.39, 0.29) is 0 Å². The summed E-state index contributed by atoms with van der Waals surface area (Å²) in [6.07, 6.45) is 0. The summed E-state index contributed by atoms with van der Waals surface area (Å²) in [7, 11) is 0. The molecule has 0 bridgehead atoms. The van der Waals surface area contributed by atoms with Crippen LogP contribution in [-0.4, -0.2) is 0 Å². The van der Waals surface area contributed by atoms with Crippen LogP contribution in [0.3, 0.4) is 0 Å². The summed E-state index contributed by atoms with van der Waals surface area (Å²) >= 11 is 3.07. The number of nitrogens with one attached hydrogen (secondary N) is 1. The molecule has 0 fully saturated rings. The Morgan fingerprint density at radius 2 is 1.90 bits per heavy atom. The van der Waals surface area contributed by atoms with Gasteiger partial charge in [0.1, 0.15) is 0 Å². The zero-order valence-corrected chi connectivity index (χ0v) is 6.72. The Kier molecular flexibility index (Phi) is 2.30. The molecule has 0 spiro atoms. The minimum absolute atomic E-state index is 0.673. The molecule has 0 aliphatic heterocycles. The third-order valence-corrected chi connectivity index (χ3v) is 1.58. The van der Waals surface area contributed by atoms with E-state index in [0.717, 1.165) is 5.69 Å². The maximum absolute atomic E-state index is 8.42. The Hall–Kier alpha value is -1.01.